The fourth-order valence-corrected chi connectivity index (χ4v) is 2.12. The molecule has 0 atom stereocenters. The summed E-state index contributed by atoms with van der Waals surface area (Å²) in [5.41, 5.74) is 0.561. The molecule has 0 saturated heterocycles. The molecule has 0 unspecified atom stereocenters. The molecule has 1 aliphatic heterocycles. The van der Waals surface area contributed by atoms with Crippen LogP contribution in [0.3, 0.4) is 0 Å². The van der Waals surface area contributed by atoms with Crippen LogP contribution in [0.4, 0.5) is 10.1 Å². The van der Waals surface area contributed by atoms with E-state index in [1.54, 1.807) is 6.92 Å². The summed E-state index contributed by atoms with van der Waals surface area (Å²) in [7, 11) is 1.20. The zero-order valence-corrected chi connectivity index (χ0v) is 12.1. The van der Waals surface area contributed by atoms with Gasteiger partial charge in [-0.2, -0.15) is 0 Å². The van der Waals surface area contributed by atoms with E-state index in [9.17, 15) is 18.8 Å². The zero-order valence-electron chi connectivity index (χ0n) is 12.1. The average Bonchev–Trinajstić information content (AvgIpc) is 2.72. The maximum atomic E-state index is 13.4. The number of nitrogens with zero attached hydrogens (tertiary/aromatic N) is 1. The number of halogens is 1. The summed E-state index contributed by atoms with van der Waals surface area (Å²) in [4.78, 5) is 36.5. The number of carbonyl (C=O) groups is 3. The lowest BCUT2D eigenvalue weighted by molar-refractivity contribution is -0.139. The van der Waals surface area contributed by atoms with Gasteiger partial charge in [0.25, 0.3) is 5.91 Å². The number of benzene rings is 1. The Bertz CT molecular complexity index is 668. The van der Waals surface area contributed by atoms with Crippen LogP contribution in [0.5, 0.6) is 0 Å². The molecular formula is C15H14FNO5. The smallest absolute Gasteiger partial charge is 0.331 e. The molecular weight excluding hydrogens is 293 g/mol. The Morgan fingerprint density at radius 1 is 1.36 bits per heavy atom. The van der Waals surface area contributed by atoms with Crippen molar-refractivity contribution < 1.29 is 28.2 Å². The third-order valence-electron chi connectivity index (χ3n) is 3.08. The molecule has 1 amide bonds. The van der Waals surface area contributed by atoms with Crippen LogP contribution in [-0.2, 0) is 23.9 Å². The molecule has 2 rings (SSSR count). The molecule has 0 aromatic heterocycles. The van der Waals surface area contributed by atoms with Crippen molar-refractivity contribution in [2.45, 2.75) is 6.92 Å². The van der Waals surface area contributed by atoms with Crippen LogP contribution in [0.15, 0.2) is 24.3 Å². The maximum absolute atomic E-state index is 13.4. The Balaban J connectivity index is 2.45. The van der Waals surface area contributed by atoms with Gasteiger partial charge in [-0.1, -0.05) is 0 Å². The first-order valence-electron chi connectivity index (χ1n) is 6.55. The van der Waals surface area contributed by atoms with E-state index in [4.69, 9.17) is 4.74 Å². The van der Waals surface area contributed by atoms with Crippen molar-refractivity contribution in [1.29, 1.82) is 0 Å². The van der Waals surface area contributed by atoms with Crippen LogP contribution in [-0.4, -0.2) is 38.1 Å². The molecule has 0 N–H and O–H groups in total. The predicted octanol–water partition coefficient (Wildman–Crippen LogP) is 1.29. The Morgan fingerprint density at radius 2 is 2.09 bits per heavy atom. The van der Waals surface area contributed by atoms with Crippen molar-refractivity contribution in [3.8, 4) is 0 Å². The van der Waals surface area contributed by atoms with Gasteiger partial charge in [-0.3, -0.25) is 14.5 Å². The van der Waals surface area contributed by atoms with Crippen LogP contribution >= 0.6 is 0 Å². The van der Waals surface area contributed by atoms with Gasteiger partial charge in [-0.15, -0.1) is 0 Å². The first kappa shape index (κ1) is 15.7. The highest BCUT2D eigenvalue weighted by Crippen LogP contribution is 2.37. The van der Waals surface area contributed by atoms with Crippen molar-refractivity contribution in [1.82, 2.24) is 0 Å². The monoisotopic (exact) mass is 307 g/mol. The number of anilines is 1. The van der Waals surface area contributed by atoms with E-state index in [0.717, 1.165) is 17.0 Å². The summed E-state index contributed by atoms with van der Waals surface area (Å²) in [6, 6.07) is 3.68. The highest BCUT2D eigenvalue weighted by molar-refractivity contribution is 6.35. The molecule has 1 aromatic carbocycles. The maximum Gasteiger partial charge on any atom is 0.331 e. The Morgan fingerprint density at radius 3 is 2.73 bits per heavy atom. The SMILES string of the molecule is CCOC(=O)/C=C1/C(=O)N(CC(=O)OC)c2ccc(F)cc21. The molecule has 116 valence electrons. The van der Waals surface area contributed by atoms with Gasteiger partial charge in [0.15, 0.2) is 0 Å². The molecule has 0 saturated carbocycles. The molecule has 1 aliphatic rings. The number of hydrogen-bond donors (Lipinski definition) is 0. The zero-order chi connectivity index (χ0) is 16.3. The van der Waals surface area contributed by atoms with Crippen LogP contribution in [0.25, 0.3) is 5.57 Å². The largest absolute Gasteiger partial charge is 0.468 e. The highest BCUT2D eigenvalue weighted by atomic mass is 19.1. The lowest BCUT2D eigenvalue weighted by Gasteiger charge is -2.15. The molecule has 0 spiro atoms. The standard InChI is InChI=1S/C15H14FNO5/c1-3-22-13(18)7-11-10-6-9(16)4-5-12(10)17(15(11)20)8-14(19)21-2/h4-7H,3,8H2,1-2H3/b11-7+. The molecule has 1 heterocycles. The number of hydrogen-bond acceptors (Lipinski definition) is 5. The fraction of sp³-hybridized carbons (Fsp3) is 0.267. The minimum absolute atomic E-state index is 0.0168. The number of rotatable bonds is 4. The van der Waals surface area contributed by atoms with Crippen molar-refractivity contribution in [2.24, 2.45) is 0 Å². The molecule has 0 bridgehead atoms. The molecule has 1 aromatic rings. The van der Waals surface area contributed by atoms with Gasteiger partial charge in [0.05, 0.1) is 25.0 Å². The van der Waals surface area contributed by atoms with Gasteiger partial charge in [-0.05, 0) is 25.1 Å². The van der Waals surface area contributed by atoms with E-state index in [2.05, 4.69) is 4.74 Å². The second-order valence-electron chi connectivity index (χ2n) is 4.44. The number of ether oxygens (including phenoxy) is 2. The number of carbonyl (C=O) groups excluding carboxylic acids is 3. The van der Waals surface area contributed by atoms with E-state index in [-0.39, 0.29) is 24.3 Å². The molecule has 0 aliphatic carbocycles. The van der Waals surface area contributed by atoms with Crippen molar-refractivity contribution in [3.05, 3.63) is 35.7 Å². The summed E-state index contributed by atoms with van der Waals surface area (Å²) < 4.78 is 22.7. The van der Waals surface area contributed by atoms with Gasteiger partial charge in [0.1, 0.15) is 12.4 Å². The molecule has 7 heteroatoms. The first-order valence-corrected chi connectivity index (χ1v) is 6.55. The number of esters is 2. The molecule has 22 heavy (non-hydrogen) atoms. The summed E-state index contributed by atoms with van der Waals surface area (Å²) in [6.45, 7) is 1.46. The summed E-state index contributed by atoms with van der Waals surface area (Å²) >= 11 is 0. The van der Waals surface area contributed by atoms with Crippen LogP contribution in [0.1, 0.15) is 12.5 Å². The van der Waals surface area contributed by atoms with Gasteiger partial charge < -0.3 is 9.47 Å². The summed E-state index contributed by atoms with van der Waals surface area (Å²) in [5.74, 6) is -2.47. The normalized spacial score (nSPS) is 15.0. The minimum Gasteiger partial charge on any atom is -0.468 e. The number of methoxy groups -OCH3 is 1. The minimum atomic E-state index is -0.707. The summed E-state index contributed by atoms with van der Waals surface area (Å²) in [5, 5.41) is 0. The van der Waals surface area contributed by atoms with Crippen molar-refractivity contribution in [3.63, 3.8) is 0 Å². The number of amides is 1. The van der Waals surface area contributed by atoms with Crippen LogP contribution < -0.4 is 4.90 Å². The van der Waals surface area contributed by atoms with Crippen molar-refractivity contribution in [2.75, 3.05) is 25.2 Å². The average molecular weight is 307 g/mol. The lowest BCUT2D eigenvalue weighted by atomic mass is 10.1. The van der Waals surface area contributed by atoms with Gasteiger partial charge in [-0.25, -0.2) is 9.18 Å². The second-order valence-corrected chi connectivity index (χ2v) is 4.44. The molecule has 0 radical (unpaired) electrons. The van der Waals surface area contributed by atoms with E-state index >= 15 is 0 Å². The third kappa shape index (κ3) is 2.98. The second kappa shape index (κ2) is 6.38. The number of fused-ring (bicyclic) bond motifs is 1. The topological polar surface area (TPSA) is 72.9 Å². The van der Waals surface area contributed by atoms with Gasteiger partial charge in [0.2, 0.25) is 0 Å². The van der Waals surface area contributed by atoms with E-state index in [1.807, 2.05) is 0 Å². The van der Waals surface area contributed by atoms with Crippen LogP contribution in [0, 0.1) is 5.82 Å². The Labute approximate surface area is 126 Å². The Hall–Kier alpha value is -2.70. The third-order valence-corrected chi connectivity index (χ3v) is 3.08. The molecule has 0 fully saturated rings. The van der Waals surface area contributed by atoms with E-state index in [1.165, 1.54) is 19.2 Å². The van der Waals surface area contributed by atoms with E-state index < -0.39 is 23.7 Å². The highest BCUT2D eigenvalue weighted by Gasteiger charge is 2.34. The quantitative estimate of drug-likeness (QED) is 0.619. The summed E-state index contributed by atoms with van der Waals surface area (Å²) in [6.07, 6.45) is 1.00. The lowest BCUT2D eigenvalue weighted by Crippen LogP contribution is -2.33. The van der Waals surface area contributed by atoms with Crippen molar-refractivity contribution >= 4 is 29.1 Å². The molecule has 6 nitrogen and oxygen atoms in total. The van der Waals surface area contributed by atoms with Crippen LogP contribution in [0.2, 0.25) is 0 Å². The first-order chi connectivity index (χ1) is 10.5. The van der Waals surface area contributed by atoms with E-state index in [0.29, 0.717) is 5.69 Å². The van der Waals surface area contributed by atoms with Gasteiger partial charge in [0, 0.05) is 11.6 Å². The Kier molecular flexibility index (Phi) is 4.55. The fourth-order valence-electron chi connectivity index (χ4n) is 2.12. The van der Waals surface area contributed by atoms with Gasteiger partial charge >= 0.3 is 11.9 Å². The predicted molar refractivity (Wildman–Crippen MR) is 75.4 cm³/mol.